The van der Waals surface area contributed by atoms with E-state index < -0.39 is 0 Å². The lowest BCUT2D eigenvalue weighted by Crippen LogP contribution is -2.12. The number of aryl methyl sites for hydroxylation is 1. The highest BCUT2D eigenvalue weighted by Gasteiger charge is 2.21. The van der Waals surface area contributed by atoms with Crippen LogP contribution < -0.4 is 11.0 Å². The van der Waals surface area contributed by atoms with E-state index in [4.69, 9.17) is 4.74 Å². The first kappa shape index (κ1) is 16.6. The van der Waals surface area contributed by atoms with Gasteiger partial charge in [-0.25, -0.2) is 4.79 Å². The average molecular weight is 351 g/mol. The Bertz CT molecular complexity index is 1010. The number of aromatic amines is 1. The fourth-order valence-electron chi connectivity index (χ4n) is 2.95. The summed E-state index contributed by atoms with van der Waals surface area (Å²) in [5, 5.41) is 2.90. The van der Waals surface area contributed by atoms with Crippen LogP contribution in [0.1, 0.15) is 28.8 Å². The molecule has 0 saturated heterocycles. The molecule has 1 aromatic heterocycles. The summed E-state index contributed by atoms with van der Waals surface area (Å²) in [5.41, 5.74) is 3.47. The third-order valence-corrected chi connectivity index (χ3v) is 4.67. The summed E-state index contributed by atoms with van der Waals surface area (Å²) in [6.45, 7) is 1.36. The van der Waals surface area contributed by atoms with E-state index in [1.165, 1.54) is 17.4 Å². The zero-order valence-corrected chi connectivity index (χ0v) is 14.6. The third kappa shape index (κ3) is 3.55. The Kier molecular flexibility index (Phi) is 4.34. The van der Waals surface area contributed by atoms with E-state index >= 15 is 0 Å². The molecule has 0 radical (unpaired) electrons. The highest BCUT2D eigenvalue weighted by atomic mass is 16.5. The van der Waals surface area contributed by atoms with Gasteiger partial charge in [0.05, 0.1) is 17.6 Å². The largest absolute Gasteiger partial charge is 0.376 e. The average Bonchev–Trinajstić information content (AvgIpc) is 3.41. The molecule has 1 aliphatic rings. The van der Waals surface area contributed by atoms with Gasteiger partial charge in [-0.15, -0.1) is 0 Å². The van der Waals surface area contributed by atoms with Crippen molar-refractivity contribution >= 4 is 22.6 Å². The van der Waals surface area contributed by atoms with Gasteiger partial charge in [0.1, 0.15) is 0 Å². The topological polar surface area (TPSA) is 76.1 Å². The predicted octanol–water partition coefficient (Wildman–Crippen LogP) is 3.05. The van der Waals surface area contributed by atoms with Crippen LogP contribution >= 0.6 is 0 Å². The van der Waals surface area contributed by atoms with E-state index in [0.717, 1.165) is 29.3 Å². The van der Waals surface area contributed by atoms with Gasteiger partial charge in [-0.2, -0.15) is 0 Å². The minimum atomic E-state index is -0.215. The van der Waals surface area contributed by atoms with Gasteiger partial charge >= 0.3 is 5.69 Å². The van der Waals surface area contributed by atoms with Crippen LogP contribution in [0.2, 0.25) is 0 Å². The number of hydrogen-bond acceptors (Lipinski definition) is 3. The van der Waals surface area contributed by atoms with Crippen molar-refractivity contribution < 1.29 is 9.53 Å². The minimum Gasteiger partial charge on any atom is -0.376 e. The molecule has 6 heteroatoms. The van der Waals surface area contributed by atoms with Gasteiger partial charge in [0.25, 0.3) is 5.91 Å². The van der Waals surface area contributed by atoms with Crippen LogP contribution in [0.4, 0.5) is 5.69 Å². The molecule has 0 unspecified atom stereocenters. The van der Waals surface area contributed by atoms with Crippen molar-refractivity contribution in [1.82, 2.24) is 9.55 Å². The number of anilines is 1. The van der Waals surface area contributed by atoms with E-state index in [0.29, 0.717) is 17.7 Å². The maximum Gasteiger partial charge on any atom is 0.326 e. The lowest BCUT2D eigenvalue weighted by atomic mass is 10.1. The molecule has 2 N–H and O–H groups in total. The minimum absolute atomic E-state index is 0.198. The number of nitrogens with zero attached hydrogens (tertiary/aromatic N) is 1. The highest BCUT2D eigenvalue weighted by Crippen LogP contribution is 2.29. The third-order valence-electron chi connectivity index (χ3n) is 4.67. The number of carbonyl (C=O) groups is 1. The SMILES string of the molecule is Cn1c(=O)[nH]c2cc(C(=O)Nc3cccc(COCC4CC4)c3)ccc21. The number of imidazole rings is 1. The van der Waals surface area contributed by atoms with E-state index in [1.807, 2.05) is 24.3 Å². The van der Waals surface area contributed by atoms with E-state index in [2.05, 4.69) is 10.3 Å². The van der Waals surface area contributed by atoms with Crippen molar-refractivity contribution in [2.45, 2.75) is 19.4 Å². The van der Waals surface area contributed by atoms with E-state index in [-0.39, 0.29) is 11.6 Å². The maximum atomic E-state index is 12.5. The van der Waals surface area contributed by atoms with Crippen LogP contribution in [-0.2, 0) is 18.4 Å². The van der Waals surface area contributed by atoms with Crippen molar-refractivity contribution in [1.29, 1.82) is 0 Å². The molecule has 4 rings (SSSR count). The Hall–Kier alpha value is -2.86. The molecule has 2 aromatic carbocycles. The van der Waals surface area contributed by atoms with Gasteiger partial charge in [0.2, 0.25) is 0 Å². The van der Waals surface area contributed by atoms with E-state index in [1.54, 1.807) is 25.2 Å². The first-order valence-corrected chi connectivity index (χ1v) is 8.77. The number of H-pyrrole nitrogens is 1. The molecule has 1 aliphatic carbocycles. The molecule has 6 nitrogen and oxygen atoms in total. The zero-order valence-electron chi connectivity index (χ0n) is 14.6. The normalized spacial score (nSPS) is 13.9. The molecule has 134 valence electrons. The van der Waals surface area contributed by atoms with Crippen molar-refractivity contribution in [3.8, 4) is 0 Å². The van der Waals surface area contributed by atoms with E-state index in [9.17, 15) is 9.59 Å². The second-order valence-corrected chi connectivity index (χ2v) is 6.83. The van der Waals surface area contributed by atoms with Crippen molar-refractivity contribution in [2.24, 2.45) is 13.0 Å². The standard InChI is InChI=1S/C20H21N3O3/c1-23-18-8-7-15(10-17(18)22-20(23)25)19(24)21-16-4-2-3-14(9-16)12-26-11-13-5-6-13/h2-4,7-10,13H,5-6,11-12H2,1H3,(H,21,24)(H,22,25). The number of rotatable bonds is 6. The lowest BCUT2D eigenvalue weighted by Gasteiger charge is -2.08. The Balaban J connectivity index is 1.46. The number of hydrogen-bond donors (Lipinski definition) is 2. The van der Waals surface area contributed by atoms with Crippen LogP contribution in [0.25, 0.3) is 11.0 Å². The monoisotopic (exact) mass is 351 g/mol. The number of ether oxygens (including phenoxy) is 1. The van der Waals surface area contributed by atoms with Crippen LogP contribution in [-0.4, -0.2) is 22.1 Å². The fourth-order valence-corrected chi connectivity index (χ4v) is 2.95. The molecule has 3 aromatic rings. The smallest absolute Gasteiger partial charge is 0.326 e. The van der Waals surface area contributed by atoms with Crippen LogP contribution in [0.3, 0.4) is 0 Å². The van der Waals surface area contributed by atoms with Crippen LogP contribution in [0.15, 0.2) is 47.3 Å². The summed E-state index contributed by atoms with van der Waals surface area (Å²) in [7, 11) is 1.69. The number of aromatic nitrogens is 2. The first-order chi connectivity index (χ1) is 12.6. The molecular weight excluding hydrogens is 330 g/mol. The van der Waals surface area contributed by atoms with Gasteiger partial charge in [0.15, 0.2) is 0 Å². The van der Waals surface area contributed by atoms with Gasteiger partial charge in [0, 0.05) is 24.9 Å². The number of carbonyl (C=O) groups excluding carboxylic acids is 1. The molecular formula is C20H21N3O3. The van der Waals surface area contributed by atoms with Crippen molar-refractivity contribution in [2.75, 3.05) is 11.9 Å². The zero-order chi connectivity index (χ0) is 18.1. The number of fused-ring (bicyclic) bond motifs is 1. The second kappa shape index (κ2) is 6.80. The Morgan fingerprint density at radius 3 is 2.92 bits per heavy atom. The molecule has 0 atom stereocenters. The maximum absolute atomic E-state index is 12.5. The van der Waals surface area contributed by atoms with Gasteiger partial charge in [-0.1, -0.05) is 12.1 Å². The van der Waals surface area contributed by atoms with Gasteiger partial charge in [-0.05, 0) is 54.7 Å². The van der Waals surface area contributed by atoms with Crippen molar-refractivity contribution in [3.05, 3.63) is 64.1 Å². The number of nitrogens with one attached hydrogen (secondary N) is 2. The summed E-state index contributed by atoms with van der Waals surface area (Å²) >= 11 is 0. The first-order valence-electron chi connectivity index (χ1n) is 8.77. The lowest BCUT2D eigenvalue weighted by molar-refractivity contribution is 0.102. The summed E-state index contributed by atoms with van der Waals surface area (Å²) in [6.07, 6.45) is 2.54. The number of benzene rings is 2. The van der Waals surface area contributed by atoms with Crippen molar-refractivity contribution in [3.63, 3.8) is 0 Å². The Morgan fingerprint density at radius 1 is 1.27 bits per heavy atom. The molecule has 1 saturated carbocycles. The number of amides is 1. The molecule has 0 spiro atoms. The molecule has 1 fully saturated rings. The summed E-state index contributed by atoms with van der Waals surface area (Å²) in [6, 6.07) is 12.8. The fraction of sp³-hybridized carbons (Fsp3) is 0.300. The summed E-state index contributed by atoms with van der Waals surface area (Å²) in [5.74, 6) is 0.518. The van der Waals surface area contributed by atoms with Crippen LogP contribution in [0.5, 0.6) is 0 Å². The molecule has 0 aliphatic heterocycles. The summed E-state index contributed by atoms with van der Waals surface area (Å²) in [4.78, 5) is 26.9. The van der Waals surface area contributed by atoms with Crippen LogP contribution in [0, 0.1) is 5.92 Å². The second-order valence-electron chi connectivity index (χ2n) is 6.83. The molecule has 26 heavy (non-hydrogen) atoms. The Morgan fingerprint density at radius 2 is 2.12 bits per heavy atom. The molecule has 1 amide bonds. The molecule has 0 bridgehead atoms. The quantitative estimate of drug-likeness (QED) is 0.717. The highest BCUT2D eigenvalue weighted by molar-refractivity contribution is 6.05. The summed E-state index contributed by atoms with van der Waals surface area (Å²) < 4.78 is 7.22. The van der Waals surface area contributed by atoms with Gasteiger partial charge in [-0.3, -0.25) is 9.36 Å². The van der Waals surface area contributed by atoms with Gasteiger partial charge < -0.3 is 15.0 Å². The Labute approximate surface area is 150 Å². The predicted molar refractivity (Wildman–Crippen MR) is 100 cm³/mol. The molecule has 1 heterocycles.